The largest absolute Gasteiger partial charge is 0.385 e. The number of halogens is 1. The molecule has 1 nitrogen and oxygen atoms in total. The first-order valence-electron chi connectivity index (χ1n) is 4.61. The van der Waals surface area contributed by atoms with Crippen LogP contribution in [0.4, 0.5) is 0 Å². The summed E-state index contributed by atoms with van der Waals surface area (Å²) in [6.45, 7) is 2.02. The van der Waals surface area contributed by atoms with Crippen molar-refractivity contribution in [2.24, 2.45) is 0 Å². The van der Waals surface area contributed by atoms with Gasteiger partial charge in [0, 0.05) is 5.02 Å². The molecule has 13 heavy (non-hydrogen) atoms. The number of benzene rings is 1. The topological polar surface area (TPSA) is 20.2 Å². The zero-order chi connectivity index (χ0) is 9.47. The van der Waals surface area contributed by atoms with Crippen LogP contribution in [0.15, 0.2) is 18.2 Å². The van der Waals surface area contributed by atoms with Crippen LogP contribution >= 0.6 is 11.6 Å². The van der Waals surface area contributed by atoms with Crippen LogP contribution in [0.2, 0.25) is 5.02 Å². The average molecular weight is 197 g/mol. The van der Waals surface area contributed by atoms with Crippen molar-refractivity contribution >= 4 is 11.6 Å². The minimum Gasteiger partial charge on any atom is -0.385 e. The highest BCUT2D eigenvalue weighted by Crippen LogP contribution is 2.42. The van der Waals surface area contributed by atoms with E-state index in [4.69, 9.17) is 11.6 Å². The second-order valence-corrected chi connectivity index (χ2v) is 4.28. The smallest absolute Gasteiger partial charge is 0.0899 e. The van der Waals surface area contributed by atoms with Gasteiger partial charge in [-0.05, 0) is 49.4 Å². The molecular formula is C11H13ClO. The van der Waals surface area contributed by atoms with Gasteiger partial charge < -0.3 is 5.11 Å². The molecule has 0 spiro atoms. The first-order valence-corrected chi connectivity index (χ1v) is 4.99. The lowest BCUT2D eigenvalue weighted by Gasteiger charge is -2.38. The summed E-state index contributed by atoms with van der Waals surface area (Å²) in [5.41, 5.74) is 1.55. The molecule has 0 amide bonds. The van der Waals surface area contributed by atoms with Crippen LogP contribution in [-0.2, 0) is 5.60 Å². The van der Waals surface area contributed by atoms with Crippen LogP contribution in [0.3, 0.4) is 0 Å². The second kappa shape index (κ2) is 3.00. The summed E-state index contributed by atoms with van der Waals surface area (Å²) < 4.78 is 0. The van der Waals surface area contributed by atoms with E-state index in [1.54, 1.807) is 0 Å². The Hall–Kier alpha value is -0.530. The third-order valence-electron chi connectivity index (χ3n) is 2.88. The highest BCUT2D eigenvalue weighted by Gasteiger charge is 2.37. The lowest BCUT2D eigenvalue weighted by Crippen LogP contribution is -2.34. The maximum Gasteiger partial charge on any atom is 0.0899 e. The first kappa shape index (κ1) is 9.04. The zero-order valence-electron chi connectivity index (χ0n) is 7.68. The van der Waals surface area contributed by atoms with Crippen LogP contribution in [0.1, 0.15) is 30.4 Å². The van der Waals surface area contributed by atoms with E-state index in [-0.39, 0.29) is 0 Å². The van der Waals surface area contributed by atoms with Gasteiger partial charge in [-0.3, -0.25) is 0 Å². The van der Waals surface area contributed by atoms with Gasteiger partial charge >= 0.3 is 0 Å². The Kier molecular flexibility index (Phi) is 2.09. The molecule has 0 radical (unpaired) electrons. The average Bonchev–Trinajstić information content (AvgIpc) is 2.05. The zero-order valence-corrected chi connectivity index (χ0v) is 8.43. The lowest BCUT2D eigenvalue weighted by atomic mass is 9.74. The molecule has 0 heterocycles. The SMILES string of the molecule is Cc1ccc(Cl)cc1C1(O)CCC1. The summed E-state index contributed by atoms with van der Waals surface area (Å²) in [4.78, 5) is 0. The Morgan fingerprint density at radius 1 is 1.38 bits per heavy atom. The van der Waals surface area contributed by atoms with E-state index in [2.05, 4.69) is 0 Å². The summed E-state index contributed by atoms with van der Waals surface area (Å²) in [7, 11) is 0. The Balaban J connectivity index is 2.43. The van der Waals surface area contributed by atoms with E-state index >= 15 is 0 Å². The number of hydrogen-bond donors (Lipinski definition) is 1. The van der Waals surface area contributed by atoms with Crippen LogP contribution in [0.5, 0.6) is 0 Å². The number of rotatable bonds is 1. The third kappa shape index (κ3) is 1.47. The maximum atomic E-state index is 10.1. The lowest BCUT2D eigenvalue weighted by molar-refractivity contribution is -0.0393. The van der Waals surface area contributed by atoms with Gasteiger partial charge in [-0.25, -0.2) is 0 Å². The monoisotopic (exact) mass is 196 g/mol. The fourth-order valence-corrected chi connectivity index (χ4v) is 2.05. The van der Waals surface area contributed by atoms with E-state index in [9.17, 15) is 5.11 Å². The van der Waals surface area contributed by atoms with Crippen LogP contribution in [0, 0.1) is 6.92 Å². The van der Waals surface area contributed by atoms with Crippen LogP contribution < -0.4 is 0 Å². The molecule has 1 aromatic carbocycles. The first-order chi connectivity index (χ1) is 6.12. The van der Waals surface area contributed by atoms with Crippen molar-refractivity contribution < 1.29 is 5.11 Å². The summed E-state index contributed by atoms with van der Waals surface area (Å²) >= 11 is 5.89. The van der Waals surface area contributed by atoms with Crippen molar-refractivity contribution in [2.75, 3.05) is 0 Å². The molecule has 1 N–H and O–H groups in total. The molecule has 0 bridgehead atoms. The molecule has 1 aliphatic carbocycles. The highest BCUT2D eigenvalue weighted by atomic mass is 35.5. The minimum atomic E-state index is -0.588. The van der Waals surface area contributed by atoms with Gasteiger partial charge in [-0.2, -0.15) is 0 Å². The number of hydrogen-bond acceptors (Lipinski definition) is 1. The van der Waals surface area contributed by atoms with Crippen molar-refractivity contribution in [2.45, 2.75) is 31.8 Å². The molecule has 2 heteroatoms. The molecule has 0 aromatic heterocycles. The van der Waals surface area contributed by atoms with Crippen molar-refractivity contribution in [3.05, 3.63) is 34.3 Å². The van der Waals surface area contributed by atoms with Gasteiger partial charge in [0.2, 0.25) is 0 Å². The molecule has 0 saturated heterocycles. The Labute approximate surface area is 83.3 Å². The van der Waals surface area contributed by atoms with E-state index in [0.717, 1.165) is 30.4 Å². The summed E-state index contributed by atoms with van der Waals surface area (Å²) in [5, 5.41) is 10.8. The molecule has 70 valence electrons. The molecule has 0 unspecified atom stereocenters. The normalized spacial score (nSPS) is 19.6. The molecule has 0 atom stereocenters. The van der Waals surface area contributed by atoms with E-state index in [1.807, 2.05) is 25.1 Å². The Morgan fingerprint density at radius 2 is 2.08 bits per heavy atom. The van der Waals surface area contributed by atoms with Gasteiger partial charge in [0.15, 0.2) is 0 Å². The molecule has 1 saturated carbocycles. The molecule has 1 fully saturated rings. The summed E-state index contributed by atoms with van der Waals surface area (Å²) in [6.07, 6.45) is 2.85. The van der Waals surface area contributed by atoms with Crippen LogP contribution in [0.25, 0.3) is 0 Å². The van der Waals surface area contributed by atoms with Gasteiger partial charge in [0.05, 0.1) is 5.60 Å². The highest BCUT2D eigenvalue weighted by molar-refractivity contribution is 6.30. The van der Waals surface area contributed by atoms with Gasteiger partial charge in [0.25, 0.3) is 0 Å². The molecule has 2 rings (SSSR count). The van der Waals surface area contributed by atoms with E-state index in [1.165, 1.54) is 0 Å². The Morgan fingerprint density at radius 3 is 2.62 bits per heavy atom. The van der Waals surface area contributed by atoms with E-state index in [0.29, 0.717) is 5.02 Å². The van der Waals surface area contributed by atoms with Gasteiger partial charge in [-0.15, -0.1) is 0 Å². The standard InChI is InChI=1S/C11H13ClO/c1-8-3-4-9(12)7-10(8)11(13)5-2-6-11/h3-4,7,13H,2,5-6H2,1H3. The van der Waals surface area contributed by atoms with E-state index < -0.39 is 5.60 Å². The molecule has 0 aliphatic heterocycles. The third-order valence-corrected chi connectivity index (χ3v) is 3.12. The number of aryl methyl sites for hydroxylation is 1. The van der Waals surface area contributed by atoms with Crippen molar-refractivity contribution in [1.29, 1.82) is 0 Å². The quantitative estimate of drug-likeness (QED) is 0.732. The predicted molar refractivity (Wildman–Crippen MR) is 53.9 cm³/mol. The molecule has 1 aromatic rings. The van der Waals surface area contributed by atoms with Crippen molar-refractivity contribution in [1.82, 2.24) is 0 Å². The van der Waals surface area contributed by atoms with Crippen molar-refractivity contribution in [3.63, 3.8) is 0 Å². The van der Waals surface area contributed by atoms with Crippen molar-refractivity contribution in [3.8, 4) is 0 Å². The predicted octanol–water partition coefficient (Wildman–Crippen LogP) is 3.02. The number of aliphatic hydroxyl groups is 1. The fraction of sp³-hybridized carbons (Fsp3) is 0.455. The molecular weight excluding hydrogens is 184 g/mol. The van der Waals surface area contributed by atoms with Gasteiger partial charge in [-0.1, -0.05) is 17.7 Å². The minimum absolute atomic E-state index is 0.588. The summed E-state index contributed by atoms with van der Waals surface area (Å²) in [5.74, 6) is 0. The Bertz CT molecular complexity index is 329. The van der Waals surface area contributed by atoms with Crippen LogP contribution in [-0.4, -0.2) is 5.11 Å². The van der Waals surface area contributed by atoms with Gasteiger partial charge in [0.1, 0.15) is 0 Å². The fourth-order valence-electron chi connectivity index (χ4n) is 1.88. The second-order valence-electron chi connectivity index (χ2n) is 3.84. The maximum absolute atomic E-state index is 10.1. The molecule has 1 aliphatic rings. The summed E-state index contributed by atoms with van der Waals surface area (Å²) in [6, 6.07) is 5.71.